The Bertz CT molecular complexity index is 245. The molecule has 0 heterocycles. The van der Waals surface area contributed by atoms with Gasteiger partial charge >= 0.3 is 5.97 Å². The highest BCUT2D eigenvalue weighted by Gasteiger charge is 2.03. The lowest BCUT2D eigenvalue weighted by Crippen LogP contribution is -2.13. The highest BCUT2D eigenvalue weighted by molar-refractivity contribution is 5.69. The Morgan fingerprint density at radius 1 is 0.818 bits per heavy atom. The van der Waals surface area contributed by atoms with Gasteiger partial charge in [0.2, 0.25) is 0 Å². The molecule has 22 heavy (non-hydrogen) atoms. The summed E-state index contributed by atoms with van der Waals surface area (Å²) in [5.74, 6) is 0.221. The first-order chi connectivity index (χ1) is 10.7. The number of ether oxygens (including phenoxy) is 5. The fraction of sp³-hybridized carbons (Fsp3) is 0.938. The van der Waals surface area contributed by atoms with E-state index in [0.717, 1.165) is 0 Å². The molecule has 0 spiro atoms. The van der Waals surface area contributed by atoms with E-state index in [1.807, 2.05) is 20.8 Å². The Labute approximate surface area is 134 Å². The lowest BCUT2D eigenvalue weighted by Gasteiger charge is -2.08. The van der Waals surface area contributed by atoms with E-state index in [1.54, 1.807) is 0 Å². The molecule has 132 valence electrons. The van der Waals surface area contributed by atoms with Crippen LogP contribution >= 0.6 is 0 Å². The molecule has 0 aromatic carbocycles. The quantitative estimate of drug-likeness (QED) is 0.320. The van der Waals surface area contributed by atoms with Crippen molar-refractivity contribution >= 4 is 5.97 Å². The van der Waals surface area contributed by atoms with Gasteiger partial charge in [-0.1, -0.05) is 13.8 Å². The minimum absolute atomic E-state index is 0.155. The number of hydrogen-bond acceptors (Lipinski definition) is 6. The average Bonchev–Trinajstić information content (AvgIpc) is 2.49. The van der Waals surface area contributed by atoms with Crippen molar-refractivity contribution in [1.82, 2.24) is 0 Å². The summed E-state index contributed by atoms with van der Waals surface area (Å²) in [4.78, 5) is 11.3. The molecule has 0 rings (SSSR count). The third-order valence-corrected chi connectivity index (χ3v) is 2.57. The van der Waals surface area contributed by atoms with Gasteiger partial charge in [0.1, 0.15) is 0 Å². The molecule has 0 aromatic heterocycles. The maximum atomic E-state index is 11.3. The van der Waals surface area contributed by atoms with Gasteiger partial charge in [-0.15, -0.1) is 0 Å². The van der Waals surface area contributed by atoms with Crippen molar-refractivity contribution in [1.29, 1.82) is 0 Å². The third-order valence-electron chi connectivity index (χ3n) is 2.57. The molecule has 0 bridgehead atoms. The standard InChI is InChI=1S/C16H32O6/c1-4-18-8-9-20-12-13-21-11-10-19-7-5-6-16(17)22-14-15(2)3/h15H,4-14H2,1-3H3. The van der Waals surface area contributed by atoms with Crippen molar-refractivity contribution in [2.45, 2.75) is 33.6 Å². The second-order valence-corrected chi connectivity index (χ2v) is 5.21. The molecule has 0 saturated heterocycles. The summed E-state index contributed by atoms with van der Waals surface area (Å²) in [5.41, 5.74) is 0. The van der Waals surface area contributed by atoms with E-state index >= 15 is 0 Å². The zero-order valence-electron chi connectivity index (χ0n) is 14.3. The minimum atomic E-state index is -0.155. The van der Waals surface area contributed by atoms with Gasteiger partial charge in [-0.3, -0.25) is 4.79 Å². The zero-order valence-corrected chi connectivity index (χ0v) is 14.3. The third kappa shape index (κ3) is 17.4. The van der Waals surface area contributed by atoms with Gasteiger partial charge in [0.15, 0.2) is 0 Å². The van der Waals surface area contributed by atoms with Gasteiger partial charge in [0.25, 0.3) is 0 Å². The first kappa shape index (κ1) is 21.3. The van der Waals surface area contributed by atoms with Crippen molar-refractivity contribution in [2.24, 2.45) is 5.92 Å². The summed E-state index contributed by atoms with van der Waals surface area (Å²) >= 11 is 0. The lowest BCUT2D eigenvalue weighted by molar-refractivity contribution is -0.145. The van der Waals surface area contributed by atoms with Crippen molar-refractivity contribution in [3.63, 3.8) is 0 Å². The lowest BCUT2D eigenvalue weighted by atomic mass is 10.2. The number of carbonyl (C=O) groups excluding carboxylic acids is 1. The van der Waals surface area contributed by atoms with Gasteiger partial charge < -0.3 is 23.7 Å². The summed E-state index contributed by atoms with van der Waals surface area (Å²) in [6.07, 6.45) is 1.08. The zero-order chi connectivity index (χ0) is 16.5. The Kier molecular flexibility index (Phi) is 16.2. The smallest absolute Gasteiger partial charge is 0.305 e. The monoisotopic (exact) mass is 320 g/mol. The predicted octanol–water partition coefficient (Wildman–Crippen LogP) is 2.05. The Morgan fingerprint density at radius 3 is 1.82 bits per heavy atom. The summed E-state index contributed by atoms with van der Waals surface area (Å²) in [6, 6.07) is 0. The second kappa shape index (κ2) is 16.7. The van der Waals surface area contributed by atoms with Gasteiger partial charge in [0.05, 0.1) is 46.2 Å². The molecule has 0 aliphatic heterocycles. The van der Waals surface area contributed by atoms with Crippen LogP contribution in [0.5, 0.6) is 0 Å². The maximum absolute atomic E-state index is 11.3. The Morgan fingerprint density at radius 2 is 1.32 bits per heavy atom. The summed E-state index contributed by atoms with van der Waals surface area (Å²) < 4.78 is 26.2. The molecule has 6 nitrogen and oxygen atoms in total. The molecule has 0 amide bonds. The molecule has 0 saturated carbocycles. The topological polar surface area (TPSA) is 63.2 Å². The minimum Gasteiger partial charge on any atom is -0.465 e. The van der Waals surface area contributed by atoms with Crippen molar-refractivity contribution in [3.05, 3.63) is 0 Å². The summed E-state index contributed by atoms with van der Waals surface area (Å²) in [5, 5.41) is 0. The Hall–Kier alpha value is -0.690. The van der Waals surface area contributed by atoms with Crippen LogP contribution in [0.25, 0.3) is 0 Å². The van der Waals surface area contributed by atoms with E-state index in [0.29, 0.717) is 78.2 Å². The van der Waals surface area contributed by atoms with Crippen molar-refractivity contribution < 1.29 is 28.5 Å². The predicted molar refractivity (Wildman–Crippen MR) is 84.0 cm³/mol. The van der Waals surface area contributed by atoms with Gasteiger partial charge in [0, 0.05) is 19.6 Å². The van der Waals surface area contributed by atoms with Crippen molar-refractivity contribution in [3.8, 4) is 0 Å². The fourth-order valence-electron chi connectivity index (χ4n) is 1.45. The van der Waals surface area contributed by atoms with Crippen LogP contribution in [-0.4, -0.2) is 65.4 Å². The normalized spacial score (nSPS) is 11.1. The molecule has 0 aliphatic rings. The molecule has 6 heteroatoms. The largest absolute Gasteiger partial charge is 0.465 e. The van der Waals surface area contributed by atoms with Gasteiger partial charge in [-0.05, 0) is 19.3 Å². The van der Waals surface area contributed by atoms with Crippen molar-refractivity contribution in [2.75, 3.05) is 59.5 Å². The number of rotatable bonds is 16. The van der Waals surface area contributed by atoms with E-state index in [2.05, 4.69) is 0 Å². The van der Waals surface area contributed by atoms with Gasteiger partial charge in [-0.25, -0.2) is 0 Å². The van der Waals surface area contributed by atoms with Crippen LogP contribution in [0.4, 0.5) is 0 Å². The van der Waals surface area contributed by atoms with E-state index < -0.39 is 0 Å². The molecule has 0 aromatic rings. The number of hydrogen-bond donors (Lipinski definition) is 0. The molecule has 0 N–H and O–H groups in total. The summed E-state index contributed by atoms with van der Waals surface area (Å²) in [7, 11) is 0. The molecule has 0 radical (unpaired) electrons. The average molecular weight is 320 g/mol. The van der Waals surface area contributed by atoms with E-state index in [1.165, 1.54) is 0 Å². The molecule has 0 fully saturated rings. The number of esters is 1. The van der Waals surface area contributed by atoms with Crippen LogP contribution in [0.15, 0.2) is 0 Å². The fourth-order valence-corrected chi connectivity index (χ4v) is 1.45. The second-order valence-electron chi connectivity index (χ2n) is 5.21. The highest BCUT2D eigenvalue weighted by atomic mass is 16.6. The number of carbonyl (C=O) groups is 1. The van der Waals surface area contributed by atoms with Gasteiger partial charge in [-0.2, -0.15) is 0 Å². The molecule has 0 aliphatic carbocycles. The molecule has 0 atom stereocenters. The molecule has 0 unspecified atom stereocenters. The Balaban J connectivity index is 3.09. The summed E-state index contributed by atoms with van der Waals surface area (Å²) in [6.45, 7) is 11.1. The molecular weight excluding hydrogens is 288 g/mol. The van der Waals surface area contributed by atoms with Crippen LogP contribution in [-0.2, 0) is 28.5 Å². The van der Waals surface area contributed by atoms with Crippen LogP contribution in [0.2, 0.25) is 0 Å². The van der Waals surface area contributed by atoms with Crippen LogP contribution < -0.4 is 0 Å². The van der Waals surface area contributed by atoms with Crippen LogP contribution in [0.3, 0.4) is 0 Å². The van der Waals surface area contributed by atoms with E-state index in [-0.39, 0.29) is 5.97 Å². The van der Waals surface area contributed by atoms with E-state index in [4.69, 9.17) is 23.7 Å². The first-order valence-corrected chi connectivity index (χ1v) is 8.13. The molecular formula is C16H32O6. The SMILES string of the molecule is CCOCCOCCOCCOCCCC(=O)OCC(C)C. The van der Waals surface area contributed by atoms with Crippen LogP contribution in [0, 0.1) is 5.92 Å². The maximum Gasteiger partial charge on any atom is 0.305 e. The first-order valence-electron chi connectivity index (χ1n) is 8.13. The van der Waals surface area contributed by atoms with E-state index in [9.17, 15) is 4.79 Å². The highest BCUT2D eigenvalue weighted by Crippen LogP contribution is 1.98. The van der Waals surface area contributed by atoms with Crippen LogP contribution in [0.1, 0.15) is 33.6 Å².